The summed E-state index contributed by atoms with van der Waals surface area (Å²) in [5, 5.41) is 10.5. The number of rotatable bonds is 3. The summed E-state index contributed by atoms with van der Waals surface area (Å²) in [5.41, 5.74) is 5.52. The second-order valence-corrected chi connectivity index (χ2v) is 5.82. The molecule has 1 aromatic rings. The first-order valence-electron chi connectivity index (χ1n) is 6.81. The van der Waals surface area contributed by atoms with Crippen molar-refractivity contribution in [2.75, 3.05) is 6.54 Å². The van der Waals surface area contributed by atoms with E-state index in [-0.39, 0.29) is 5.56 Å². The second kappa shape index (κ2) is 5.55. The molecule has 1 aliphatic rings. The van der Waals surface area contributed by atoms with Gasteiger partial charge in [0.2, 0.25) is 0 Å². The van der Waals surface area contributed by atoms with Crippen LogP contribution in [-0.4, -0.2) is 11.7 Å². The van der Waals surface area contributed by atoms with E-state index < -0.39 is 23.2 Å². The molecule has 2 rings (SSSR count). The van der Waals surface area contributed by atoms with Crippen molar-refractivity contribution in [3.05, 3.63) is 35.4 Å². The van der Waals surface area contributed by atoms with Crippen molar-refractivity contribution in [3.63, 3.8) is 0 Å². The minimum Gasteiger partial charge on any atom is -0.388 e. The first-order valence-corrected chi connectivity index (χ1v) is 6.81. The maximum absolute atomic E-state index is 13.8. The molecule has 0 heterocycles. The highest BCUT2D eigenvalue weighted by atomic mass is 19.1. The number of halogens is 2. The fourth-order valence-corrected chi connectivity index (χ4v) is 2.98. The van der Waals surface area contributed by atoms with Crippen LogP contribution in [0.2, 0.25) is 0 Å². The van der Waals surface area contributed by atoms with Gasteiger partial charge in [-0.2, -0.15) is 0 Å². The second-order valence-electron chi connectivity index (χ2n) is 5.82. The zero-order chi connectivity index (χ0) is 14.0. The predicted molar refractivity (Wildman–Crippen MR) is 70.4 cm³/mol. The molecule has 0 aliphatic heterocycles. The van der Waals surface area contributed by atoms with Crippen LogP contribution in [-0.2, 0) is 0 Å². The Morgan fingerprint density at radius 3 is 2.53 bits per heavy atom. The molecule has 1 unspecified atom stereocenters. The van der Waals surface area contributed by atoms with Crippen LogP contribution >= 0.6 is 0 Å². The summed E-state index contributed by atoms with van der Waals surface area (Å²) in [6, 6.07) is 3.32. The van der Waals surface area contributed by atoms with E-state index in [4.69, 9.17) is 5.73 Å². The zero-order valence-electron chi connectivity index (χ0n) is 11.2. The lowest BCUT2D eigenvalue weighted by Crippen LogP contribution is -2.40. The third-order valence-corrected chi connectivity index (χ3v) is 4.51. The van der Waals surface area contributed by atoms with Gasteiger partial charge >= 0.3 is 0 Å². The van der Waals surface area contributed by atoms with Crippen molar-refractivity contribution >= 4 is 0 Å². The Hall–Kier alpha value is -1.00. The Bertz CT molecular complexity index is 442. The third kappa shape index (κ3) is 2.79. The van der Waals surface area contributed by atoms with Gasteiger partial charge in [0.05, 0.1) is 6.10 Å². The topological polar surface area (TPSA) is 46.2 Å². The number of aliphatic hydroxyl groups is 1. The molecular weight excluding hydrogens is 248 g/mol. The molecule has 4 heteroatoms. The van der Waals surface area contributed by atoms with Gasteiger partial charge in [0.1, 0.15) is 11.6 Å². The van der Waals surface area contributed by atoms with E-state index in [1.54, 1.807) is 0 Å². The summed E-state index contributed by atoms with van der Waals surface area (Å²) in [5.74, 6) is -0.712. The van der Waals surface area contributed by atoms with Crippen LogP contribution in [0.25, 0.3) is 0 Å². The molecule has 0 aromatic heterocycles. The van der Waals surface area contributed by atoms with Crippen molar-refractivity contribution in [2.45, 2.75) is 38.7 Å². The average Bonchev–Trinajstić information content (AvgIpc) is 2.39. The van der Waals surface area contributed by atoms with Crippen molar-refractivity contribution < 1.29 is 13.9 Å². The molecule has 1 aliphatic carbocycles. The van der Waals surface area contributed by atoms with Crippen LogP contribution in [0.5, 0.6) is 0 Å². The van der Waals surface area contributed by atoms with Gasteiger partial charge in [-0.15, -0.1) is 0 Å². The van der Waals surface area contributed by atoms with Crippen LogP contribution in [0, 0.1) is 23.0 Å². The monoisotopic (exact) mass is 269 g/mol. The van der Waals surface area contributed by atoms with E-state index in [0.29, 0.717) is 12.5 Å². The molecule has 0 radical (unpaired) electrons. The summed E-state index contributed by atoms with van der Waals surface area (Å²) in [7, 11) is 0. The number of hydrogen-bond donors (Lipinski definition) is 2. The normalized spacial score (nSPS) is 29.2. The standard InChI is InChI=1S/C15H21F2NO/c1-10-4-6-15(9-18,7-5-10)14(19)12-3-2-11(16)8-13(12)17/h2-3,8,10,14,19H,4-7,9,18H2,1H3. The summed E-state index contributed by atoms with van der Waals surface area (Å²) >= 11 is 0. The third-order valence-electron chi connectivity index (χ3n) is 4.51. The SMILES string of the molecule is CC1CCC(CN)(C(O)c2ccc(F)cc2F)CC1. The van der Waals surface area contributed by atoms with Crippen molar-refractivity contribution in [1.82, 2.24) is 0 Å². The van der Waals surface area contributed by atoms with Gasteiger partial charge in [-0.25, -0.2) is 8.78 Å². The van der Waals surface area contributed by atoms with Crippen LogP contribution in [0.4, 0.5) is 8.78 Å². The Kier molecular flexibility index (Phi) is 4.21. The lowest BCUT2D eigenvalue weighted by Gasteiger charge is -2.42. The van der Waals surface area contributed by atoms with Gasteiger partial charge in [-0.3, -0.25) is 0 Å². The molecule has 106 valence electrons. The zero-order valence-corrected chi connectivity index (χ0v) is 11.2. The van der Waals surface area contributed by atoms with Crippen LogP contribution in [0.3, 0.4) is 0 Å². The Morgan fingerprint density at radius 2 is 2.00 bits per heavy atom. The molecule has 0 amide bonds. The van der Waals surface area contributed by atoms with Gasteiger partial charge in [0, 0.05) is 23.6 Å². The van der Waals surface area contributed by atoms with Crippen LogP contribution < -0.4 is 5.73 Å². The Balaban J connectivity index is 2.27. The van der Waals surface area contributed by atoms with Crippen molar-refractivity contribution in [3.8, 4) is 0 Å². The molecule has 1 atom stereocenters. The van der Waals surface area contributed by atoms with Gasteiger partial charge < -0.3 is 10.8 Å². The lowest BCUT2D eigenvalue weighted by molar-refractivity contribution is -0.0103. The molecule has 3 N–H and O–H groups in total. The van der Waals surface area contributed by atoms with E-state index >= 15 is 0 Å². The quantitative estimate of drug-likeness (QED) is 0.885. The van der Waals surface area contributed by atoms with Gasteiger partial charge in [0.15, 0.2) is 0 Å². The molecular formula is C15H21F2NO. The Labute approximate surface area is 112 Å². The number of hydrogen-bond acceptors (Lipinski definition) is 2. The minimum absolute atomic E-state index is 0.154. The summed E-state index contributed by atoms with van der Waals surface area (Å²) < 4.78 is 26.7. The number of nitrogens with two attached hydrogens (primary N) is 1. The average molecular weight is 269 g/mol. The molecule has 19 heavy (non-hydrogen) atoms. The first kappa shape index (κ1) is 14.4. The molecule has 0 spiro atoms. The highest BCUT2D eigenvalue weighted by Crippen LogP contribution is 2.47. The molecule has 1 saturated carbocycles. The lowest BCUT2D eigenvalue weighted by atomic mass is 9.66. The van der Waals surface area contributed by atoms with E-state index in [9.17, 15) is 13.9 Å². The smallest absolute Gasteiger partial charge is 0.131 e. The van der Waals surface area contributed by atoms with Crippen LogP contribution in [0.15, 0.2) is 18.2 Å². The van der Waals surface area contributed by atoms with E-state index in [1.165, 1.54) is 12.1 Å². The van der Waals surface area contributed by atoms with E-state index in [0.717, 1.165) is 31.7 Å². The molecule has 1 fully saturated rings. The highest BCUT2D eigenvalue weighted by molar-refractivity contribution is 5.23. The largest absolute Gasteiger partial charge is 0.388 e. The molecule has 2 nitrogen and oxygen atoms in total. The minimum atomic E-state index is -0.967. The fourth-order valence-electron chi connectivity index (χ4n) is 2.98. The first-order chi connectivity index (χ1) is 8.98. The van der Waals surface area contributed by atoms with E-state index in [2.05, 4.69) is 6.92 Å². The summed E-state index contributed by atoms with van der Waals surface area (Å²) in [4.78, 5) is 0. The van der Waals surface area contributed by atoms with Crippen LogP contribution in [0.1, 0.15) is 44.3 Å². The maximum Gasteiger partial charge on any atom is 0.131 e. The van der Waals surface area contributed by atoms with Crippen molar-refractivity contribution in [2.24, 2.45) is 17.1 Å². The number of benzene rings is 1. The van der Waals surface area contributed by atoms with Crippen molar-refractivity contribution in [1.29, 1.82) is 0 Å². The predicted octanol–water partition coefficient (Wildman–Crippen LogP) is 3.15. The fraction of sp³-hybridized carbons (Fsp3) is 0.600. The van der Waals surface area contributed by atoms with Gasteiger partial charge in [-0.1, -0.05) is 25.8 Å². The maximum atomic E-state index is 13.8. The highest BCUT2D eigenvalue weighted by Gasteiger charge is 2.41. The van der Waals surface area contributed by atoms with Gasteiger partial charge in [-0.05, 0) is 24.8 Å². The Morgan fingerprint density at radius 1 is 1.37 bits per heavy atom. The number of aliphatic hydroxyl groups excluding tert-OH is 1. The molecule has 1 aromatic carbocycles. The van der Waals surface area contributed by atoms with E-state index in [1.807, 2.05) is 0 Å². The molecule has 0 saturated heterocycles. The van der Waals surface area contributed by atoms with Gasteiger partial charge in [0.25, 0.3) is 0 Å². The molecule has 0 bridgehead atoms. The summed E-state index contributed by atoms with van der Waals surface area (Å²) in [6.45, 7) is 2.49. The summed E-state index contributed by atoms with van der Waals surface area (Å²) in [6.07, 6.45) is 2.56.